The van der Waals surface area contributed by atoms with Gasteiger partial charge in [-0.15, -0.1) is 0 Å². The molecule has 0 aliphatic carbocycles. The second kappa shape index (κ2) is 6.60. The first-order chi connectivity index (χ1) is 8.61. The number of rotatable bonds is 4. The zero-order chi connectivity index (χ0) is 13.0. The van der Waals surface area contributed by atoms with Crippen molar-refractivity contribution in [2.75, 3.05) is 38.8 Å². The smallest absolute Gasteiger partial charge is 0.0713 e. The number of hydrogen-bond donors (Lipinski definition) is 1. The van der Waals surface area contributed by atoms with Crippen LogP contribution in [0.1, 0.15) is 32.6 Å². The molecule has 0 amide bonds. The molecular weight excluding hydrogens is 244 g/mol. The average Bonchev–Trinajstić information content (AvgIpc) is 2.37. The molecule has 0 aromatic rings. The second-order valence-electron chi connectivity index (χ2n) is 6.05. The molecule has 0 bridgehead atoms. The fraction of sp³-hybridized carbons (Fsp3) is 1.00. The van der Waals surface area contributed by atoms with Crippen LogP contribution >= 0.6 is 11.8 Å². The normalized spacial score (nSPS) is 29.7. The molecule has 2 aliphatic rings. The van der Waals surface area contributed by atoms with E-state index in [1.165, 1.54) is 37.2 Å². The summed E-state index contributed by atoms with van der Waals surface area (Å²) in [5.41, 5.74) is 0.211. The molecule has 2 saturated heterocycles. The predicted molar refractivity (Wildman–Crippen MR) is 79.4 cm³/mol. The van der Waals surface area contributed by atoms with Crippen LogP contribution in [0.25, 0.3) is 0 Å². The maximum atomic E-state index is 6.13. The number of ether oxygens (including phenoxy) is 1. The molecule has 1 N–H and O–H groups in total. The fourth-order valence-electron chi connectivity index (χ4n) is 2.81. The number of hydrogen-bond acceptors (Lipinski definition) is 4. The maximum absolute atomic E-state index is 6.13. The van der Waals surface area contributed by atoms with Gasteiger partial charge in [0.2, 0.25) is 0 Å². The Balaban J connectivity index is 1.79. The first kappa shape index (κ1) is 14.6. The number of nitrogens with zero attached hydrogens (tertiary/aromatic N) is 1. The standard InChI is InChI=1S/C14H28N2OS/c1-12(16(2)3)11-15-13-4-7-17-14(10-13)5-8-18-9-6-14/h12-13,15H,4-11H2,1-3H3. The minimum Gasteiger partial charge on any atom is -0.375 e. The van der Waals surface area contributed by atoms with Crippen molar-refractivity contribution >= 4 is 11.8 Å². The molecule has 2 aliphatic heterocycles. The highest BCUT2D eigenvalue weighted by Gasteiger charge is 2.38. The third-order valence-electron chi connectivity index (χ3n) is 4.48. The van der Waals surface area contributed by atoms with Gasteiger partial charge in [0.25, 0.3) is 0 Å². The molecule has 2 fully saturated rings. The first-order valence-corrected chi connectivity index (χ1v) is 8.38. The van der Waals surface area contributed by atoms with Gasteiger partial charge in [-0.3, -0.25) is 0 Å². The molecule has 18 heavy (non-hydrogen) atoms. The van der Waals surface area contributed by atoms with Crippen molar-refractivity contribution in [2.24, 2.45) is 0 Å². The highest BCUT2D eigenvalue weighted by molar-refractivity contribution is 7.99. The number of likely N-dealkylation sites (N-methyl/N-ethyl adjacent to an activating group) is 1. The monoisotopic (exact) mass is 272 g/mol. The van der Waals surface area contributed by atoms with E-state index in [0.717, 1.165) is 13.2 Å². The molecule has 0 radical (unpaired) electrons. The minimum absolute atomic E-state index is 0.211. The van der Waals surface area contributed by atoms with Crippen molar-refractivity contribution < 1.29 is 4.74 Å². The van der Waals surface area contributed by atoms with E-state index in [4.69, 9.17) is 4.74 Å². The average molecular weight is 272 g/mol. The Bertz CT molecular complexity index is 249. The van der Waals surface area contributed by atoms with E-state index in [1.807, 2.05) is 0 Å². The van der Waals surface area contributed by atoms with E-state index in [-0.39, 0.29) is 5.60 Å². The van der Waals surface area contributed by atoms with Crippen LogP contribution in [0.15, 0.2) is 0 Å². The van der Waals surface area contributed by atoms with Gasteiger partial charge in [-0.25, -0.2) is 0 Å². The molecule has 106 valence electrons. The third-order valence-corrected chi connectivity index (χ3v) is 5.47. The summed E-state index contributed by atoms with van der Waals surface area (Å²) in [5, 5.41) is 3.75. The van der Waals surface area contributed by atoms with Crippen LogP contribution in [0.3, 0.4) is 0 Å². The highest BCUT2D eigenvalue weighted by Crippen LogP contribution is 2.37. The molecule has 2 heterocycles. The highest BCUT2D eigenvalue weighted by atomic mass is 32.2. The Labute approximate surface area is 116 Å². The topological polar surface area (TPSA) is 24.5 Å². The van der Waals surface area contributed by atoms with Gasteiger partial charge >= 0.3 is 0 Å². The van der Waals surface area contributed by atoms with E-state index in [2.05, 4.69) is 43.0 Å². The van der Waals surface area contributed by atoms with Gasteiger partial charge in [0, 0.05) is 25.2 Å². The lowest BCUT2D eigenvalue weighted by molar-refractivity contribution is -0.0934. The lowest BCUT2D eigenvalue weighted by Gasteiger charge is -2.43. The molecule has 3 nitrogen and oxygen atoms in total. The summed E-state index contributed by atoms with van der Waals surface area (Å²) in [6.45, 7) is 4.31. The van der Waals surface area contributed by atoms with Crippen molar-refractivity contribution in [3.8, 4) is 0 Å². The summed E-state index contributed by atoms with van der Waals surface area (Å²) in [5.74, 6) is 2.56. The molecule has 4 heteroatoms. The third kappa shape index (κ3) is 3.86. The maximum Gasteiger partial charge on any atom is 0.0713 e. The summed E-state index contributed by atoms with van der Waals surface area (Å²) in [6, 6.07) is 1.26. The molecule has 2 rings (SSSR count). The van der Waals surface area contributed by atoms with Crippen LogP contribution in [-0.2, 0) is 4.74 Å². The lowest BCUT2D eigenvalue weighted by atomic mass is 9.85. The van der Waals surface area contributed by atoms with Gasteiger partial charge in [-0.2, -0.15) is 11.8 Å². The summed E-state index contributed by atoms with van der Waals surface area (Å²) >= 11 is 2.08. The SMILES string of the molecule is CC(CNC1CCOC2(CCSCC2)C1)N(C)C. The van der Waals surface area contributed by atoms with Crippen molar-refractivity contribution in [1.29, 1.82) is 0 Å². The van der Waals surface area contributed by atoms with Crippen molar-refractivity contribution in [2.45, 2.75) is 50.3 Å². The Morgan fingerprint density at radius 3 is 2.78 bits per heavy atom. The van der Waals surface area contributed by atoms with Crippen LogP contribution < -0.4 is 5.32 Å². The van der Waals surface area contributed by atoms with Crippen LogP contribution in [0.4, 0.5) is 0 Å². The number of thioether (sulfide) groups is 1. The molecular formula is C14H28N2OS. The van der Waals surface area contributed by atoms with Crippen LogP contribution in [-0.4, -0.2) is 61.3 Å². The summed E-state index contributed by atoms with van der Waals surface area (Å²) in [6.07, 6.45) is 4.89. The van der Waals surface area contributed by atoms with Crippen molar-refractivity contribution in [3.63, 3.8) is 0 Å². The first-order valence-electron chi connectivity index (χ1n) is 7.23. The van der Waals surface area contributed by atoms with E-state index < -0.39 is 0 Å². The van der Waals surface area contributed by atoms with Crippen molar-refractivity contribution in [3.05, 3.63) is 0 Å². The van der Waals surface area contributed by atoms with Gasteiger partial charge in [-0.05, 0) is 58.2 Å². The van der Waals surface area contributed by atoms with E-state index in [0.29, 0.717) is 12.1 Å². The molecule has 2 unspecified atom stereocenters. The predicted octanol–water partition coefficient (Wildman–Crippen LogP) is 1.97. The summed E-state index contributed by atoms with van der Waals surface area (Å²) < 4.78 is 6.13. The minimum atomic E-state index is 0.211. The zero-order valence-electron chi connectivity index (χ0n) is 12.1. The Morgan fingerprint density at radius 1 is 1.39 bits per heavy atom. The van der Waals surface area contributed by atoms with E-state index in [9.17, 15) is 0 Å². The molecule has 1 spiro atoms. The zero-order valence-corrected chi connectivity index (χ0v) is 12.9. The van der Waals surface area contributed by atoms with Crippen LogP contribution in [0.5, 0.6) is 0 Å². The lowest BCUT2D eigenvalue weighted by Crippen LogP contribution is -2.50. The Hall–Kier alpha value is 0.230. The van der Waals surface area contributed by atoms with Crippen LogP contribution in [0.2, 0.25) is 0 Å². The molecule has 0 aromatic carbocycles. The quantitative estimate of drug-likeness (QED) is 0.846. The Kier molecular flexibility index (Phi) is 5.36. The summed E-state index contributed by atoms with van der Waals surface area (Å²) in [4.78, 5) is 2.28. The van der Waals surface area contributed by atoms with Crippen LogP contribution in [0, 0.1) is 0 Å². The largest absolute Gasteiger partial charge is 0.375 e. The molecule has 0 aromatic heterocycles. The molecule has 2 atom stereocenters. The van der Waals surface area contributed by atoms with E-state index >= 15 is 0 Å². The second-order valence-corrected chi connectivity index (χ2v) is 7.28. The van der Waals surface area contributed by atoms with E-state index in [1.54, 1.807) is 0 Å². The van der Waals surface area contributed by atoms with Gasteiger partial charge in [0.15, 0.2) is 0 Å². The van der Waals surface area contributed by atoms with Crippen molar-refractivity contribution in [1.82, 2.24) is 10.2 Å². The van der Waals surface area contributed by atoms with Gasteiger partial charge < -0.3 is 15.0 Å². The van der Waals surface area contributed by atoms with Gasteiger partial charge in [-0.1, -0.05) is 0 Å². The fourth-order valence-corrected chi connectivity index (χ4v) is 4.05. The number of nitrogens with one attached hydrogen (secondary N) is 1. The molecule has 0 saturated carbocycles. The Morgan fingerprint density at radius 2 is 2.11 bits per heavy atom. The van der Waals surface area contributed by atoms with Gasteiger partial charge in [0.1, 0.15) is 0 Å². The van der Waals surface area contributed by atoms with Gasteiger partial charge in [0.05, 0.1) is 5.60 Å². The summed E-state index contributed by atoms with van der Waals surface area (Å²) in [7, 11) is 4.30.